The Morgan fingerprint density at radius 1 is 0.755 bits per heavy atom. The second kappa shape index (κ2) is 16.7. The Labute approximate surface area is 311 Å². The molecule has 0 radical (unpaired) electrons. The minimum atomic E-state index is -4.60. The SMILES string of the molecule is COc1cc2c(cc1OCCCCCOc1cc3c(cc1OC)C(=O)N1CC(OC)C[C@H]1[C@H](SOOO)N3)N[C@@H](S(=O)(=O)O)[C@@H]1CC(OC)CN1C2=O. The number of amides is 2. The highest BCUT2D eigenvalue weighted by Crippen LogP contribution is 2.42. The van der Waals surface area contributed by atoms with Crippen molar-refractivity contribution in [3.63, 3.8) is 0 Å². The maximum Gasteiger partial charge on any atom is 0.288 e. The van der Waals surface area contributed by atoms with Crippen molar-refractivity contribution in [1.29, 1.82) is 0 Å². The smallest absolute Gasteiger partial charge is 0.288 e. The van der Waals surface area contributed by atoms with Gasteiger partial charge in [0, 0.05) is 39.4 Å². The molecule has 2 saturated heterocycles. The number of ether oxygens (including phenoxy) is 6. The molecule has 0 aromatic heterocycles. The molecular formula is C33H44N4O14S2. The number of fused-ring (bicyclic) bond motifs is 4. The number of unbranched alkanes of at least 4 members (excludes halogenated alkanes) is 2. The highest BCUT2D eigenvalue weighted by molar-refractivity contribution is 7.95. The monoisotopic (exact) mass is 784 g/mol. The lowest BCUT2D eigenvalue weighted by Crippen LogP contribution is -2.47. The highest BCUT2D eigenvalue weighted by atomic mass is 32.2. The van der Waals surface area contributed by atoms with E-state index in [-0.39, 0.29) is 55.0 Å². The quantitative estimate of drug-likeness (QED) is 0.0632. The van der Waals surface area contributed by atoms with Gasteiger partial charge in [0.2, 0.25) is 0 Å². The Balaban J connectivity index is 1.06. The standard InChI is InChI=1S/C33H44N4O14S2/c1-44-18-10-24-30(52-51-50-40)34-22-14-28(26(46-3)12-20(22)32(38)36(24)16-18)48-8-6-5-7-9-49-29-15-23-21(13-27(29)47-4)33(39)37-17-19(45-2)11-25(37)31(35-23)53(41,42)43/h12-15,18-19,24-25,30-31,34-35,40H,5-11,16-17H2,1-4H3,(H,41,42,43)/t18?,19?,24-,25-,30-,31-/m0/s1. The van der Waals surface area contributed by atoms with Crippen molar-refractivity contribution in [2.24, 2.45) is 0 Å². The maximum absolute atomic E-state index is 13.6. The average Bonchev–Trinajstić information content (AvgIpc) is 3.74. The summed E-state index contributed by atoms with van der Waals surface area (Å²) in [6, 6.07) is 5.21. The van der Waals surface area contributed by atoms with Crippen LogP contribution in [0.3, 0.4) is 0 Å². The average molecular weight is 785 g/mol. The zero-order valence-electron chi connectivity index (χ0n) is 29.6. The van der Waals surface area contributed by atoms with Crippen LogP contribution in [0.1, 0.15) is 52.8 Å². The molecule has 2 amide bonds. The molecule has 6 rings (SSSR count). The minimum absolute atomic E-state index is 0.156. The van der Waals surface area contributed by atoms with Gasteiger partial charge < -0.3 is 48.9 Å². The number of anilines is 2. The summed E-state index contributed by atoms with van der Waals surface area (Å²) in [6.45, 7) is 1.18. The van der Waals surface area contributed by atoms with Crippen LogP contribution in [0.4, 0.5) is 11.4 Å². The minimum Gasteiger partial charge on any atom is -0.493 e. The first kappa shape index (κ1) is 38.9. The van der Waals surface area contributed by atoms with Gasteiger partial charge in [-0.2, -0.15) is 8.42 Å². The van der Waals surface area contributed by atoms with Crippen molar-refractivity contribution < 1.29 is 65.6 Å². The molecule has 4 aliphatic heterocycles. The molecule has 53 heavy (non-hydrogen) atoms. The summed E-state index contributed by atoms with van der Waals surface area (Å²) in [6.07, 6.45) is 2.25. The summed E-state index contributed by atoms with van der Waals surface area (Å²) < 4.78 is 73.8. The third-order valence-corrected chi connectivity index (χ3v) is 11.8. The molecule has 20 heteroatoms. The van der Waals surface area contributed by atoms with Crippen LogP contribution in [0.5, 0.6) is 23.0 Å². The van der Waals surface area contributed by atoms with Gasteiger partial charge in [0.15, 0.2) is 28.4 Å². The topological polar surface area (TPSA) is 213 Å². The summed E-state index contributed by atoms with van der Waals surface area (Å²) in [5.74, 6) is 0.800. The zero-order chi connectivity index (χ0) is 37.9. The Kier molecular flexibility index (Phi) is 12.3. The number of hydrogen-bond acceptors (Lipinski definition) is 16. The Hall–Kier alpha value is -3.76. The first-order chi connectivity index (χ1) is 25.5. The van der Waals surface area contributed by atoms with E-state index in [0.717, 1.165) is 12.0 Å². The molecule has 292 valence electrons. The summed E-state index contributed by atoms with van der Waals surface area (Å²) in [4.78, 5) is 30.3. The van der Waals surface area contributed by atoms with Crippen LogP contribution < -0.4 is 29.6 Å². The van der Waals surface area contributed by atoms with Crippen molar-refractivity contribution in [2.75, 3.05) is 65.4 Å². The van der Waals surface area contributed by atoms with E-state index >= 15 is 0 Å². The molecule has 0 bridgehead atoms. The molecule has 0 spiro atoms. The van der Waals surface area contributed by atoms with Crippen LogP contribution in [-0.4, -0.2) is 130 Å². The molecule has 4 heterocycles. The molecule has 0 aliphatic carbocycles. The number of nitrogens with one attached hydrogen (secondary N) is 2. The van der Waals surface area contributed by atoms with Gasteiger partial charge >= 0.3 is 0 Å². The number of nitrogens with zero attached hydrogens (tertiary/aromatic N) is 2. The molecule has 2 aromatic rings. The molecular weight excluding hydrogens is 741 g/mol. The van der Waals surface area contributed by atoms with Crippen LogP contribution in [0, 0.1) is 0 Å². The number of rotatable bonds is 16. The third-order valence-electron chi connectivity index (χ3n) is 9.96. The number of carbonyl (C=O) groups excluding carboxylic acids is 2. The number of benzene rings is 2. The molecule has 0 saturated carbocycles. The van der Waals surface area contributed by atoms with Crippen LogP contribution >= 0.6 is 12.0 Å². The van der Waals surface area contributed by atoms with Gasteiger partial charge in [0.1, 0.15) is 5.37 Å². The lowest BCUT2D eigenvalue weighted by atomic mass is 10.1. The van der Waals surface area contributed by atoms with Gasteiger partial charge in [-0.3, -0.25) is 14.1 Å². The summed E-state index contributed by atoms with van der Waals surface area (Å²) in [5, 5.41) is 16.8. The van der Waals surface area contributed by atoms with Crippen LogP contribution in [0.25, 0.3) is 0 Å². The van der Waals surface area contributed by atoms with E-state index < -0.39 is 32.8 Å². The van der Waals surface area contributed by atoms with Crippen LogP contribution in [0.2, 0.25) is 0 Å². The van der Waals surface area contributed by atoms with Gasteiger partial charge in [0.25, 0.3) is 21.9 Å². The third kappa shape index (κ3) is 8.19. The van der Waals surface area contributed by atoms with Crippen molar-refractivity contribution in [3.05, 3.63) is 35.4 Å². The Morgan fingerprint density at radius 3 is 1.75 bits per heavy atom. The van der Waals surface area contributed by atoms with E-state index in [4.69, 9.17) is 38.0 Å². The summed E-state index contributed by atoms with van der Waals surface area (Å²) >= 11 is 0.840. The van der Waals surface area contributed by atoms with Gasteiger partial charge in [-0.25, -0.2) is 5.26 Å². The van der Waals surface area contributed by atoms with Crippen molar-refractivity contribution in [1.82, 2.24) is 9.80 Å². The predicted octanol–water partition coefficient (Wildman–Crippen LogP) is 3.25. The molecule has 6 atom stereocenters. The van der Waals surface area contributed by atoms with Crippen molar-refractivity contribution in [2.45, 2.75) is 67.1 Å². The lowest BCUT2D eigenvalue weighted by Gasteiger charge is -2.27. The Bertz CT molecular complexity index is 1770. The first-order valence-corrected chi connectivity index (χ1v) is 19.3. The molecule has 18 nitrogen and oxygen atoms in total. The fourth-order valence-electron chi connectivity index (χ4n) is 7.27. The van der Waals surface area contributed by atoms with E-state index in [0.29, 0.717) is 73.1 Å². The molecule has 2 unspecified atom stereocenters. The first-order valence-electron chi connectivity index (χ1n) is 17.0. The van der Waals surface area contributed by atoms with Crippen LogP contribution in [0.15, 0.2) is 24.3 Å². The van der Waals surface area contributed by atoms with Gasteiger partial charge in [-0.1, -0.05) is 5.04 Å². The van der Waals surface area contributed by atoms with E-state index in [1.54, 1.807) is 24.1 Å². The van der Waals surface area contributed by atoms with E-state index in [1.807, 2.05) is 0 Å². The van der Waals surface area contributed by atoms with E-state index in [2.05, 4.69) is 15.7 Å². The zero-order valence-corrected chi connectivity index (χ0v) is 31.3. The number of carbonyl (C=O) groups is 2. The summed E-state index contributed by atoms with van der Waals surface area (Å²) in [5.41, 5.74) is 1.29. The Morgan fingerprint density at radius 2 is 1.26 bits per heavy atom. The number of hydrogen-bond donors (Lipinski definition) is 4. The molecule has 4 N–H and O–H groups in total. The van der Waals surface area contributed by atoms with E-state index in [9.17, 15) is 22.6 Å². The molecule has 2 aromatic carbocycles. The predicted molar refractivity (Wildman–Crippen MR) is 190 cm³/mol. The molecule has 2 fully saturated rings. The van der Waals surface area contributed by atoms with Crippen molar-refractivity contribution >= 4 is 45.4 Å². The highest BCUT2D eigenvalue weighted by Gasteiger charge is 2.48. The van der Waals surface area contributed by atoms with Gasteiger partial charge in [-0.15, -0.1) is 4.33 Å². The maximum atomic E-state index is 13.6. The number of methoxy groups -OCH3 is 4. The van der Waals surface area contributed by atoms with Crippen molar-refractivity contribution in [3.8, 4) is 23.0 Å². The van der Waals surface area contributed by atoms with Crippen LogP contribution in [-0.2, 0) is 29.0 Å². The fraction of sp³-hybridized carbons (Fsp3) is 0.576. The molecule has 4 aliphatic rings. The second-order valence-electron chi connectivity index (χ2n) is 13.0. The van der Waals surface area contributed by atoms with E-state index in [1.165, 1.54) is 38.4 Å². The second-order valence-corrected chi connectivity index (χ2v) is 15.3. The normalized spacial score (nSPS) is 24.9. The van der Waals surface area contributed by atoms with Gasteiger partial charge in [0.05, 0.1) is 86.3 Å². The lowest BCUT2D eigenvalue weighted by molar-refractivity contribution is -0.432. The fourth-order valence-corrected chi connectivity index (χ4v) is 8.88. The summed E-state index contributed by atoms with van der Waals surface area (Å²) in [7, 11) is 1.43. The van der Waals surface area contributed by atoms with Gasteiger partial charge in [-0.05, 0) is 44.2 Å². The largest absolute Gasteiger partial charge is 0.493 e.